The molecule has 1 unspecified atom stereocenters. The molecule has 21 heavy (non-hydrogen) atoms. The van der Waals surface area contributed by atoms with Crippen molar-refractivity contribution in [3.63, 3.8) is 0 Å². The second kappa shape index (κ2) is 6.34. The van der Waals surface area contributed by atoms with Crippen LogP contribution in [0.15, 0.2) is 24.3 Å². The van der Waals surface area contributed by atoms with Gasteiger partial charge in [0.2, 0.25) is 10.0 Å². The largest absolute Gasteiger partial charge is 0.496 e. The smallest absolute Gasteiger partial charge is 0.212 e. The third kappa shape index (κ3) is 4.18. The maximum Gasteiger partial charge on any atom is 0.212 e. The average molecular weight is 313 g/mol. The van der Waals surface area contributed by atoms with E-state index in [1.165, 1.54) is 0 Å². The molecule has 6 heteroatoms. The molecule has 0 amide bonds. The van der Waals surface area contributed by atoms with Crippen molar-refractivity contribution in [2.24, 2.45) is 5.92 Å². The van der Waals surface area contributed by atoms with Crippen LogP contribution >= 0.6 is 0 Å². The van der Waals surface area contributed by atoms with E-state index in [0.717, 1.165) is 12.0 Å². The molecule has 0 aliphatic carbocycles. The van der Waals surface area contributed by atoms with Gasteiger partial charge in [-0.2, -0.15) is 0 Å². The second-order valence-electron chi connectivity index (χ2n) is 5.94. The summed E-state index contributed by atoms with van der Waals surface area (Å²) in [6.45, 7) is 4.85. The molecule has 2 rings (SSSR count). The Morgan fingerprint density at radius 1 is 1.38 bits per heavy atom. The van der Waals surface area contributed by atoms with Gasteiger partial charge in [-0.3, -0.25) is 0 Å². The third-order valence-corrected chi connectivity index (χ3v) is 5.40. The van der Waals surface area contributed by atoms with Gasteiger partial charge in [0.05, 0.1) is 25.0 Å². The molecule has 1 saturated heterocycles. The highest BCUT2D eigenvalue weighted by Gasteiger charge is 2.31. The number of hydrogen-bond donors (Lipinski definition) is 1. The standard InChI is InChI=1S/C15H23NO4S/c1-15(2,13-6-4-5-7-14(13)19-3)16-21(17,18)11-12-8-9-20-10-12/h4-7,12,16H,8-11H2,1-3H3. The lowest BCUT2D eigenvalue weighted by atomic mass is 9.95. The zero-order valence-electron chi connectivity index (χ0n) is 12.8. The van der Waals surface area contributed by atoms with Crippen molar-refractivity contribution in [2.75, 3.05) is 26.1 Å². The van der Waals surface area contributed by atoms with Crippen LogP contribution in [0.1, 0.15) is 25.8 Å². The molecule has 0 radical (unpaired) electrons. The van der Waals surface area contributed by atoms with Crippen molar-refractivity contribution in [1.29, 1.82) is 0 Å². The lowest BCUT2D eigenvalue weighted by Crippen LogP contribution is -2.43. The fourth-order valence-corrected chi connectivity index (χ4v) is 4.53. The third-order valence-electron chi connectivity index (χ3n) is 3.67. The van der Waals surface area contributed by atoms with Gasteiger partial charge >= 0.3 is 0 Å². The van der Waals surface area contributed by atoms with Crippen molar-refractivity contribution in [3.05, 3.63) is 29.8 Å². The summed E-state index contributed by atoms with van der Waals surface area (Å²) in [6.07, 6.45) is 0.802. The highest BCUT2D eigenvalue weighted by Crippen LogP contribution is 2.30. The summed E-state index contributed by atoms with van der Waals surface area (Å²) < 4.78 is 38.1. The zero-order valence-corrected chi connectivity index (χ0v) is 13.6. The minimum absolute atomic E-state index is 0.0796. The molecule has 5 nitrogen and oxygen atoms in total. The number of methoxy groups -OCH3 is 1. The Hall–Kier alpha value is -1.11. The van der Waals surface area contributed by atoms with Gasteiger partial charge in [0.25, 0.3) is 0 Å². The molecule has 0 bridgehead atoms. The predicted molar refractivity (Wildman–Crippen MR) is 81.9 cm³/mol. The molecular weight excluding hydrogens is 290 g/mol. The van der Waals surface area contributed by atoms with Crippen molar-refractivity contribution in [1.82, 2.24) is 4.72 Å². The topological polar surface area (TPSA) is 64.6 Å². The van der Waals surface area contributed by atoms with Gasteiger partial charge in [-0.05, 0) is 32.3 Å². The molecule has 1 heterocycles. The molecule has 1 aliphatic heterocycles. The minimum Gasteiger partial charge on any atom is -0.496 e. The first-order chi connectivity index (χ1) is 9.84. The van der Waals surface area contributed by atoms with Gasteiger partial charge < -0.3 is 9.47 Å². The van der Waals surface area contributed by atoms with Crippen LogP contribution in [-0.2, 0) is 20.3 Å². The molecule has 1 atom stereocenters. The van der Waals surface area contributed by atoms with Crippen LogP contribution in [0.3, 0.4) is 0 Å². The lowest BCUT2D eigenvalue weighted by Gasteiger charge is -2.28. The Morgan fingerprint density at radius 3 is 2.71 bits per heavy atom. The van der Waals surface area contributed by atoms with Gasteiger partial charge in [0, 0.05) is 12.2 Å². The number of benzene rings is 1. The molecule has 0 saturated carbocycles. The van der Waals surface area contributed by atoms with E-state index >= 15 is 0 Å². The van der Waals surface area contributed by atoms with E-state index in [4.69, 9.17) is 9.47 Å². The van der Waals surface area contributed by atoms with Gasteiger partial charge in [-0.25, -0.2) is 13.1 Å². The van der Waals surface area contributed by atoms with Crippen molar-refractivity contribution >= 4 is 10.0 Å². The molecule has 0 spiro atoms. The molecule has 1 N–H and O–H groups in total. The monoisotopic (exact) mass is 313 g/mol. The molecule has 1 aliphatic rings. The number of ether oxygens (including phenoxy) is 2. The first kappa shape index (κ1) is 16.3. The summed E-state index contributed by atoms with van der Waals surface area (Å²) in [5, 5.41) is 0. The Morgan fingerprint density at radius 2 is 2.10 bits per heavy atom. The van der Waals surface area contributed by atoms with E-state index in [0.29, 0.717) is 19.0 Å². The predicted octanol–water partition coefficient (Wildman–Crippen LogP) is 1.89. The van der Waals surface area contributed by atoms with Gasteiger partial charge in [0.1, 0.15) is 5.75 Å². The van der Waals surface area contributed by atoms with E-state index in [2.05, 4.69) is 4.72 Å². The molecule has 1 aromatic rings. The Bertz CT molecular complexity index is 577. The van der Waals surface area contributed by atoms with Crippen LogP contribution in [0.2, 0.25) is 0 Å². The Kier molecular flexibility index (Phi) is 4.91. The maximum atomic E-state index is 12.4. The molecule has 1 aromatic carbocycles. The quantitative estimate of drug-likeness (QED) is 0.871. The molecular formula is C15H23NO4S. The van der Waals surface area contributed by atoms with Crippen LogP contribution in [0, 0.1) is 5.92 Å². The highest BCUT2D eigenvalue weighted by molar-refractivity contribution is 7.89. The first-order valence-corrected chi connectivity index (χ1v) is 8.72. The summed E-state index contributed by atoms with van der Waals surface area (Å²) in [5.41, 5.74) is 0.0870. The van der Waals surface area contributed by atoms with Crippen molar-refractivity contribution < 1.29 is 17.9 Å². The summed E-state index contributed by atoms with van der Waals surface area (Å²) >= 11 is 0. The van der Waals surface area contributed by atoms with Crippen molar-refractivity contribution in [2.45, 2.75) is 25.8 Å². The summed E-state index contributed by atoms with van der Waals surface area (Å²) in [7, 11) is -1.80. The number of para-hydroxylation sites is 1. The summed E-state index contributed by atoms with van der Waals surface area (Å²) in [4.78, 5) is 0. The average Bonchev–Trinajstić information content (AvgIpc) is 2.89. The number of nitrogens with one attached hydrogen (secondary N) is 1. The van der Waals surface area contributed by atoms with Crippen LogP contribution in [0.4, 0.5) is 0 Å². The van der Waals surface area contributed by atoms with Crippen LogP contribution in [-0.4, -0.2) is 34.5 Å². The van der Waals surface area contributed by atoms with E-state index in [-0.39, 0.29) is 11.7 Å². The fraction of sp³-hybridized carbons (Fsp3) is 0.600. The zero-order chi connectivity index (χ0) is 15.5. The Labute approximate surface area is 126 Å². The molecule has 118 valence electrons. The fourth-order valence-electron chi connectivity index (χ4n) is 2.67. The van der Waals surface area contributed by atoms with E-state index in [1.54, 1.807) is 7.11 Å². The van der Waals surface area contributed by atoms with E-state index in [9.17, 15) is 8.42 Å². The first-order valence-electron chi connectivity index (χ1n) is 7.07. The SMILES string of the molecule is COc1ccccc1C(C)(C)NS(=O)(=O)CC1CCOC1. The normalized spacial score (nSPS) is 19.7. The van der Waals surface area contributed by atoms with E-state index < -0.39 is 15.6 Å². The number of rotatable bonds is 6. The lowest BCUT2D eigenvalue weighted by molar-refractivity contribution is 0.188. The second-order valence-corrected chi connectivity index (χ2v) is 7.71. The number of hydrogen-bond acceptors (Lipinski definition) is 4. The maximum absolute atomic E-state index is 12.4. The molecule has 1 fully saturated rings. The number of sulfonamides is 1. The van der Waals surface area contributed by atoms with E-state index in [1.807, 2.05) is 38.1 Å². The van der Waals surface area contributed by atoms with Crippen molar-refractivity contribution in [3.8, 4) is 5.75 Å². The van der Waals surface area contributed by atoms with Crippen LogP contribution < -0.4 is 9.46 Å². The summed E-state index contributed by atoms with van der Waals surface area (Å²) in [6, 6.07) is 7.44. The van der Waals surface area contributed by atoms with Crippen LogP contribution in [0.25, 0.3) is 0 Å². The van der Waals surface area contributed by atoms with Gasteiger partial charge in [-0.15, -0.1) is 0 Å². The summed E-state index contributed by atoms with van der Waals surface area (Å²) in [5.74, 6) is 0.858. The minimum atomic E-state index is -3.38. The van der Waals surface area contributed by atoms with Gasteiger partial charge in [0.15, 0.2) is 0 Å². The Balaban J connectivity index is 2.15. The molecule has 0 aromatic heterocycles. The van der Waals surface area contributed by atoms with Crippen LogP contribution in [0.5, 0.6) is 5.75 Å². The van der Waals surface area contributed by atoms with Gasteiger partial charge in [-0.1, -0.05) is 18.2 Å². The highest BCUT2D eigenvalue weighted by atomic mass is 32.2.